The van der Waals surface area contributed by atoms with Gasteiger partial charge < -0.3 is 24.2 Å². The second-order valence-corrected chi connectivity index (χ2v) is 7.93. The van der Waals surface area contributed by atoms with E-state index in [-0.39, 0.29) is 5.75 Å². The van der Waals surface area contributed by atoms with Crippen molar-refractivity contribution in [3.63, 3.8) is 0 Å². The lowest BCUT2D eigenvalue weighted by Gasteiger charge is -2.24. The van der Waals surface area contributed by atoms with Crippen LogP contribution in [-0.2, 0) is 17.6 Å². The number of rotatable bonds is 3. The number of fused-ring (bicyclic) bond motifs is 1. The number of aromatic hydroxyl groups is 1. The molecule has 2 bridgehead atoms. The van der Waals surface area contributed by atoms with Gasteiger partial charge in [-0.1, -0.05) is 12.1 Å². The van der Waals surface area contributed by atoms with Crippen LogP contribution in [0.4, 0.5) is 0 Å². The molecule has 31 heavy (non-hydrogen) atoms. The van der Waals surface area contributed by atoms with Gasteiger partial charge in [-0.05, 0) is 67.9 Å². The third-order valence-electron chi connectivity index (χ3n) is 5.83. The molecule has 0 radical (unpaired) electrons. The van der Waals surface area contributed by atoms with Crippen molar-refractivity contribution >= 4 is 5.97 Å². The molecule has 2 aliphatic rings. The number of likely N-dealkylation sites (N-methyl/N-ethyl adjacent to an activating group) is 1. The van der Waals surface area contributed by atoms with Crippen LogP contribution in [0, 0.1) is 0 Å². The maximum absolute atomic E-state index is 12.7. The number of benzene rings is 2. The van der Waals surface area contributed by atoms with E-state index < -0.39 is 12.1 Å². The van der Waals surface area contributed by atoms with Gasteiger partial charge in [0.25, 0.3) is 0 Å². The Kier molecular flexibility index (Phi) is 5.89. The number of hydrogen-bond donors (Lipinski definition) is 1. The van der Waals surface area contributed by atoms with Gasteiger partial charge in [-0.25, -0.2) is 4.79 Å². The molecular formula is C25H27NO5. The van der Waals surface area contributed by atoms with E-state index in [1.165, 1.54) is 29.8 Å². The lowest BCUT2D eigenvalue weighted by Crippen LogP contribution is -2.26. The lowest BCUT2D eigenvalue weighted by atomic mass is 9.96. The van der Waals surface area contributed by atoms with Crippen molar-refractivity contribution in [2.45, 2.75) is 38.3 Å². The Morgan fingerprint density at radius 1 is 1.16 bits per heavy atom. The number of phenolic OH excluding ortho intramolecular Hbond substituents is 1. The van der Waals surface area contributed by atoms with E-state index in [1.807, 2.05) is 18.2 Å². The third kappa shape index (κ3) is 4.38. The summed E-state index contributed by atoms with van der Waals surface area (Å²) in [4.78, 5) is 14.9. The van der Waals surface area contributed by atoms with Gasteiger partial charge in [-0.3, -0.25) is 0 Å². The molecule has 6 nitrogen and oxygen atoms in total. The first-order valence-corrected chi connectivity index (χ1v) is 10.4. The van der Waals surface area contributed by atoms with Crippen LogP contribution in [0.5, 0.6) is 17.2 Å². The van der Waals surface area contributed by atoms with E-state index in [9.17, 15) is 9.90 Å². The average molecular weight is 421 g/mol. The number of ether oxygens (including phenoxy) is 3. The minimum Gasteiger partial charge on any atom is -0.508 e. The van der Waals surface area contributed by atoms with E-state index in [4.69, 9.17) is 14.2 Å². The summed E-state index contributed by atoms with van der Waals surface area (Å²) in [6, 6.07) is 10.3. The zero-order chi connectivity index (χ0) is 22.0. The first-order valence-electron chi connectivity index (χ1n) is 10.4. The van der Waals surface area contributed by atoms with Crippen LogP contribution < -0.4 is 9.47 Å². The number of phenols is 1. The fourth-order valence-electron chi connectivity index (χ4n) is 3.90. The van der Waals surface area contributed by atoms with Crippen LogP contribution in [0.3, 0.4) is 0 Å². The molecule has 1 unspecified atom stereocenters. The largest absolute Gasteiger partial charge is 0.508 e. The molecular weight excluding hydrogens is 394 g/mol. The average Bonchev–Trinajstić information content (AvgIpc) is 3.21. The molecule has 2 aromatic rings. The van der Waals surface area contributed by atoms with E-state index >= 15 is 0 Å². The minimum atomic E-state index is -0.486. The first kappa shape index (κ1) is 20.8. The predicted octanol–water partition coefficient (Wildman–Crippen LogP) is 4.23. The Hall–Kier alpha value is -3.41. The van der Waals surface area contributed by atoms with Gasteiger partial charge in [0.2, 0.25) is 0 Å². The summed E-state index contributed by atoms with van der Waals surface area (Å²) in [5, 5.41) is 9.47. The molecule has 1 N–H and O–H groups in total. The molecule has 0 fully saturated rings. The highest BCUT2D eigenvalue weighted by atomic mass is 16.6. The molecule has 2 aromatic carbocycles. The number of carbonyl (C=O) groups excluding carboxylic acids is 1. The fourth-order valence-corrected chi connectivity index (χ4v) is 3.90. The van der Waals surface area contributed by atoms with Gasteiger partial charge >= 0.3 is 5.97 Å². The Balaban J connectivity index is 1.68. The van der Waals surface area contributed by atoms with Crippen LogP contribution in [0.2, 0.25) is 0 Å². The highest BCUT2D eigenvalue weighted by molar-refractivity contribution is 5.90. The zero-order valence-corrected chi connectivity index (χ0v) is 18.0. The Bertz CT molecular complexity index is 1020. The van der Waals surface area contributed by atoms with Crippen LogP contribution in [-0.4, -0.2) is 42.3 Å². The summed E-state index contributed by atoms with van der Waals surface area (Å²) in [6.45, 7) is 2.20. The van der Waals surface area contributed by atoms with Gasteiger partial charge in [0.05, 0.1) is 12.7 Å². The van der Waals surface area contributed by atoms with Gasteiger partial charge in [0, 0.05) is 25.1 Å². The number of hydrogen-bond acceptors (Lipinski definition) is 6. The molecule has 0 spiro atoms. The number of carbonyl (C=O) groups is 1. The summed E-state index contributed by atoms with van der Waals surface area (Å²) in [7, 11) is 3.69. The van der Waals surface area contributed by atoms with Crippen LogP contribution in [0.25, 0.3) is 0 Å². The molecule has 2 aliphatic heterocycles. The summed E-state index contributed by atoms with van der Waals surface area (Å²) in [6.07, 6.45) is 7.66. The number of nitrogens with zero attached hydrogens (tertiary/aromatic N) is 1. The van der Waals surface area contributed by atoms with Gasteiger partial charge in [-0.2, -0.15) is 0 Å². The minimum absolute atomic E-state index is 0.0967. The highest BCUT2D eigenvalue weighted by Gasteiger charge is 2.33. The smallest absolute Gasteiger partial charge is 0.343 e. The molecule has 4 rings (SSSR count). The fraction of sp³-hybridized carbons (Fsp3) is 0.320. The molecule has 0 saturated carbocycles. The second kappa shape index (κ2) is 8.76. The van der Waals surface area contributed by atoms with Crippen molar-refractivity contribution in [1.82, 2.24) is 4.90 Å². The second-order valence-electron chi connectivity index (χ2n) is 7.93. The van der Waals surface area contributed by atoms with Gasteiger partial charge in [0.15, 0.2) is 17.6 Å². The van der Waals surface area contributed by atoms with Crippen molar-refractivity contribution in [2.75, 3.05) is 14.2 Å². The summed E-state index contributed by atoms with van der Waals surface area (Å²) < 4.78 is 17.6. The maximum atomic E-state index is 12.7. The SMILES string of the molecule is COc1ccc2c3c1OC(C3)/C(OC(=O)c1ccc(O)cc1)=C\C/C=C/N(C)[C@@H](C)C2. The number of esters is 1. The summed E-state index contributed by atoms with van der Waals surface area (Å²) in [5.74, 6) is 1.49. The van der Waals surface area contributed by atoms with Gasteiger partial charge in [-0.15, -0.1) is 0 Å². The van der Waals surface area contributed by atoms with Crippen molar-refractivity contribution < 1.29 is 24.1 Å². The Morgan fingerprint density at radius 3 is 2.68 bits per heavy atom. The van der Waals surface area contributed by atoms with Crippen LogP contribution >= 0.6 is 0 Å². The van der Waals surface area contributed by atoms with Crippen molar-refractivity contribution in [3.8, 4) is 17.2 Å². The van der Waals surface area contributed by atoms with E-state index in [0.717, 1.165) is 17.7 Å². The Labute approximate surface area is 182 Å². The van der Waals surface area contributed by atoms with Crippen molar-refractivity contribution in [3.05, 3.63) is 77.2 Å². The normalized spacial score (nSPS) is 22.9. The number of methoxy groups -OCH3 is 1. The molecule has 162 valence electrons. The molecule has 0 saturated heterocycles. The summed E-state index contributed by atoms with van der Waals surface area (Å²) in [5.41, 5.74) is 2.67. The summed E-state index contributed by atoms with van der Waals surface area (Å²) >= 11 is 0. The quantitative estimate of drug-likeness (QED) is 0.749. The zero-order valence-electron chi connectivity index (χ0n) is 18.0. The topological polar surface area (TPSA) is 68.2 Å². The number of allylic oxidation sites excluding steroid dienone is 2. The standard InChI is InChI=1S/C25H27NO5/c1-16-14-18-9-12-22(29-3)24-20(18)15-23(30-24)21(6-4-5-13-26(16)2)31-25(28)17-7-10-19(27)11-8-17/h5-13,16,23,27H,4,14-15H2,1-3H3/b13-5+,21-6+/t16-,23?/m0/s1. The van der Waals surface area contributed by atoms with Crippen LogP contribution in [0.15, 0.2) is 60.5 Å². The molecule has 0 amide bonds. The monoisotopic (exact) mass is 421 g/mol. The maximum Gasteiger partial charge on any atom is 0.343 e. The first-order chi connectivity index (χ1) is 15.0. The van der Waals surface area contributed by atoms with E-state index in [2.05, 4.69) is 31.1 Å². The molecule has 0 aliphatic carbocycles. The highest BCUT2D eigenvalue weighted by Crippen LogP contribution is 2.42. The molecule has 2 heterocycles. The lowest BCUT2D eigenvalue weighted by molar-refractivity contribution is 0.0541. The Morgan fingerprint density at radius 2 is 1.94 bits per heavy atom. The van der Waals surface area contributed by atoms with Crippen molar-refractivity contribution in [1.29, 1.82) is 0 Å². The molecule has 6 heteroatoms. The third-order valence-corrected chi connectivity index (χ3v) is 5.83. The van der Waals surface area contributed by atoms with E-state index in [0.29, 0.717) is 36.0 Å². The van der Waals surface area contributed by atoms with Crippen LogP contribution in [0.1, 0.15) is 34.8 Å². The van der Waals surface area contributed by atoms with E-state index in [1.54, 1.807) is 7.11 Å². The predicted molar refractivity (Wildman–Crippen MR) is 117 cm³/mol. The van der Waals surface area contributed by atoms with Gasteiger partial charge in [0.1, 0.15) is 11.5 Å². The van der Waals surface area contributed by atoms with Crippen molar-refractivity contribution in [2.24, 2.45) is 0 Å². The molecule has 0 aromatic heterocycles. The molecule has 2 atom stereocenters.